The van der Waals surface area contributed by atoms with Gasteiger partial charge in [0.1, 0.15) is 12.4 Å². The fourth-order valence-electron chi connectivity index (χ4n) is 2.73. The molecule has 1 aliphatic heterocycles. The highest BCUT2D eigenvalue weighted by Crippen LogP contribution is 2.24. The number of hydrogen-bond acceptors (Lipinski definition) is 4. The normalized spacial score (nSPS) is 14.7. The number of nitrogens with zero attached hydrogens (tertiary/aromatic N) is 2. The van der Waals surface area contributed by atoms with Gasteiger partial charge in [0.2, 0.25) is 0 Å². The van der Waals surface area contributed by atoms with Crippen molar-refractivity contribution in [3.63, 3.8) is 0 Å². The zero-order valence-electron chi connectivity index (χ0n) is 14.4. The van der Waals surface area contributed by atoms with Crippen molar-refractivity contribution in [3.05, 3.63) is 58.5 Å². The summed E-state index contributed by atoms with van der Waals surface area (Å²) in [6.45, 7) is -1.26. The van der Waals surface area contributed by atoms with Crippen LogP contribution in [-0.4, -0.2) is 54.5 Å². The minimum atomic E-state index is -4.40. The number of amides is 1. The van der Waals surface area contributed by atoms with E-state index >= 15 is 0 Å². The van der Waals surface area contributed by atoms with Crippen LogP contribution in [0.1, 0.15) is 10.4 Å². The van der Waals surface area contributed by atoms with E-state index in [9.17, 15) is 22.8 Å². The summed E-state index contributed by atoms with van der Waals surface area (Å²) in [5, 5.41) is 0. The number of halogens is 3. The highest BCUT2D eigenvalue weighted by molar-refractivity contribution is 5.97. The van der Waals surface area contributed by atoms with Gasteiger partial charge in [-0.15, -0.1) is 0 Å². The molecule has 1 saturated heterocycles. The zero-order valence-corrected chi connectivity index (χ0v) is 14.4. The lowest BCUT2D eigenvalue weighted by Gasteiger charge is -2.39. The van der Waals surface area contributed by atoms with Gasteiger partial charge in [-0.1, -0.05) is 18.2 Å². The number of hydrogen-bond donors (Lipinski definition) is 0. The first-order valence-electron chi connectivity index (χ1n) is 8.12. The van der Waals surface area contributed by atoms with E-state index in [1.165, 1.54) is 28.8 Å². The molecule has 0 spiro atoms. The Kier molecular flexibility index (Phi) is 5.22. The molecule has 0 N–H and O–H groups in total. The van der Waals surface area contributed by atoms with Gasteiger partial charge in [0.25, 0.3) is 11.5 Å². The molecule has 1 aromatic heterocycles. The first-order valence-corrected chi connectivity index (χ1v) is 8.12. The number of pyridine rings is 1. The highest BCUT2D eigenvalue weighted by atomic mass is 19.4. The first kappa shape index (κ1) is 19.0. The van der Waals surface area contributed by atoms with E-state index < -0.39 is 24.8 Å². The van der Waals surface area contributed by atoms with Gasteiger partial charge in [0, 0.05) is 31.0 Å². The van der Waals surface area contributed by atoms with E-state index in [2.05, 4.69) is 0 Å². The molecule has 3 rings (SSSR count). The van der Waals surface area contributed by atoms with Crippen molar-refractivity contribution in [2.75, 3.05) is 26.8 Å². The van der Waals surface area contributed by atoms with Crippen molar-refractivity contribution in [2.24, 2.45) is 0 Å². The lowest BCUT2D eigenvalue weighted by Crippen LogP contribution is -2.55. The summed E-state index contributed by atoms with van der Waals surface area (Å²) in [6, 6.07) is 9.94. The second-order valence-electron chi connectivity index (χ2n) is 6.06. The van der Waals surface area contributed by atoms with E-state index in [4.69, 9.17) is 9.47 Å². The minimum absolute atomic E-state index is 0.0442. The van der Waals surface area contributed by atoms with E-state index in [0.29, 0.717) is 5.69 Å². The van der Waals surface area contributed by atoms with Crippen molar-refractivity contribution in [2.45, 2.75) is 12.3 Å². The van der Waals surface area contributed by atoms with Gasteiger partial charge in [-0.2, -0.15) is 13.2 Å². The van der Waals surface area contributed by atoms with Crippen molar-refractivity contribution in [3.8, 4) is 11.4 Å². The quantitative estimate of drug-likeness (QED) is 0.796. The van der Waals surface area contributed by atoms with Gasteiger partial charge >= 0.3 is 6.18 Å². The predicted molar refractivity (Wildman–Crippen MR) is 90.3 cm³/mol. The zero-order chi connectivity index (χ0) is 19.6. The fourth-order valence-corrected chi connectivity index (χ4v) is 2.73. The molecule has 0 unspecified atom stereocenters. The number of para-hydroxylation sites is 1. The summed E-state index contributed by atoms with van der Waals surface area (Å²) >= 11 is 0. The molecule has 1 aromatic carbocycles. The maximum atomic E-state index is 12.7. The SMILES string of the molecule is COc1cc(=O)n(-c2ccccc2)cc1C(=O)N1CC(OCC(F)(F)F)C1. The number of methoxy groups -OCH3 is 1. The summed E-state index contributed by atoms with van der Waals surface area (Å²) in [5.41, 5.74) is 0.356. The number of likely N-dealkylation sites (tertiary alicyclic amines) is 1. The van der Waals surface area contributed by atoms with E-state index in [1.807, 2.05) is 0 Å². The third kappa shape index (κ3) is 4.30. The molecular formula is C18H17F3N2O4. The number of ether oxygens (including phenoxy) is 2. The van der Waals surface area contributed by atoms with Crippen LogP contribution in [0.3, 0.4) is 0 Å². The summed E-state index contributed by atoms with van der Waals surface area (Å²) < 4.78 is 47.7. The Bertz CT molecular complexity index is 874. The highest BCUT2D eigenvalue weighted by Gasteiger charge is 2.37. The molecule has 0 saturated carbocycles. The van der Waals surface area contributed by atoms with E-state index in [0.717, 1.165) is 0 Å². The first-order chi connectivity index (χ1) is 12.8. The Morgan fingerprint density at radius 2 is 1.89 bits per heavy atom. The topological polar surface area (TPSA) is 60.8 Å². The van der Waals surface area contributed by atoms with Gasteiger partial charge in [0.05, 0.1) is 18.8 Å². The van der Waals surface area contributed by atoms with Crippen molar-refractivity contribution in [1.29, 1.82) is 0 Å². The van der Waals surface area contributed by atoms with Crippen LogP contribution in [0, 0.1) is 0 Å². The van der Waals surface area contributed by atoms with E-state index in [-0.39, 0.29) is 30.0 Å². The van der Waals surface area contributed by atoms with Crippen LogP contribution in [0.2, 0.25) is 0 Å². The van der Waals surface area contributed by atoms with Crippen LogP contribution < -0.4 is 10.3 Å². The Balaban J connectivity index is 1.78. The number of alkyl halides is 3. The molecule has 1 amide bonds. The predicted octanol–water partition coefficient (Wildman–Crippen LogP) is 2.25. The van der Waals surface area contributed by atoms with Crippen LogP contribution in [0.5, 0.6) is 5.75 Å². The summed E-state index contributed by atoms with van der Waals surface area (Å²) in [5.74, 6) is -0.333. The molecule has 27 heavy (non-hydrogen) atoms. The molecule has 0 aliphatic carbocycles. The monoisotopic (exact) mass is 382 g/mol. The molecule has 2 heterocycles. The smallest absolute Gasteiger partial charge is 0.411 e. The standard InChI is InChI=1S/C18H17F3N2O4/c1-26-15-7-16(24)23(12-5-3-2-4-6-12)10-14(15)17(25)22-8-13(9-22)27-11-18(19,20)21/h2-7,10,13H,8-9,11H2,1H3. The van der Waals surface area contributed by atoms with Gasteiger partial charge in [0.15, 0.2) is 0 Å². The number of carbonyl (C=O) groups is 1. The van der Waals surface area contributed by atoms with Crippen LogP contribution in [0.4, 0.5) is 13.2 Å². The summed E-state index contributed by atoms with van der Waals surface area (Å²) in [6.07, 6.45) is -3.69. The molecule has 0 atom stereocenters. The van der Waals surface area contributed by atoms with Gasteiger partial charge < -0.3 is 14.4 Å². The second-order valence-corrected chi connectivity index (χ2v) is 6.06. The van der Waals surface area contributed by atoms with Crippen LogP contribution in [-0.2, 0) is 4.74 Å². The Hall–Kier alpha value is -2.81. The maximum absolute atomic E-state index is 12.7. The number of rotatable bonds is 5. The summed E-state index contributed by atoms with van der Waals surface area (Å²) in [4.78, 5) is 26.3. The molecule has 144 valence electrons. The van der Waals surface area contributed by atoms with Crippen LogP contribution in [0.25, 0.3) is 5.69 Å². The molecular weight excluding hydrogens is 365 g/mol. The number of benzene rings is 1. The third-order valence-electron chi connectivity index (χ3n) is 4.12. The van der Waals surface area contributed by atoms with Crippen molar-refractivity contribution >= 4 is 5.91 Å². The van der Waals surface area contributed by atoms with Crippen LogP contribution >= 0.6 is 0 Å². The average Bonchev–Trinajstić information content (AvgIpc) is 2.59. The van der Waals surface area contributed by atoms with E-state index in [1.54, 1.807) is 30.3 Å². The average molecular weight is 382 g/mol. The van der Waals surface area contributed by atoms with Crippen molar-refractivity contribution in [1.82, 2.24) is 9.47 Å². The van der Waals surface area contributed by atoms with Crippen LogP contribution in [0.15, 0.2) is 47.4 Å². The minimum Gasteiger partial charge on any atom is -0.496 e. The molecule has 2 aromatic rings. The Morgan fingerprint density at radius 3 is 2.48 bits per heavy atom. The Labute approximate surface area is 152 Å². The van der Waals surface area contributed by atoms with Gasteiger partial charge in [-0.05, 0) is 12.1 Å². The maximum Gasteiger partial charge on any atom is 0.411 e. The lowest BCUT2D eigenvalue weighted by molar-refractivity contribution is -0.196. The lowest BCUT2D eigenvalue weighted by atomic mass is 10.1. The molecule has 6 nitrogen and oxygen atoms in total. The largest absolute Gasteiger partial charge is 0.496 e. The molecule has 0 bridgehead atoms. The molecule has 9 heteroatoms. The summed E-state index contributed by atoms with van der Waals surface area (Å²) in [7, 11) is 1.34. The Morgan fingerprint density at radius 1 is 1.22 bits per heavy atom. The van der Waals surface area contributed by atoms with Crippen molar-refractivity contribution < 1.29 is 27.4 Å². The molecule has 1 fully saturated rings. The molecule has 1 aliphatic rings. The number of aromatic nitrogens is 1. The van der Waals surface area contributed by atoms with Gasteiger partial charge in [-0.25, -0.2) is 0 Å². The third-order valence-corrected chi connectivity index (χ3v) is 4.12. The fraction of sp³-hybridized carbons (Fsp3) is 0.333. The van der Waals surface area contributed by atoms with Gasteiger partial charge in [-0.3, -0.25) is 14.2 Å². The second kappa shape index (κ2) is 7.43. The number of carbonyl (C=O) groups excluding carboxylic acids is 1. The molecule has 0 radical (unpaired) electrons.